The van der Waals surface area contributed by atoms with Crippen molar-refractivity contribution in [1.29, 1.82) is 0 Å². The van der Waals surface area contributed by atoms with Crippen molar-refractivity contribution in [2.45, 2.75) is 85.1 Å². The fraction of sp³-hybridized carbons (Fsp3) is 1.00. The van der Waals surface area contributed by atoms with E-state index in [1.54, 1.807) is 0 Å². The van der Waals surface area contributed by atoms with Gasteiger partial charge in [-0.2, -0.15) is 87.8 Å². The minimum Gasteiger partial charge on any atom is -0.348 e. The predicted molar refractivity (Wildman–Crippen MR) is 89.5 cm³/mol. The molecule has 4 unspecified atom stereocenters. The van der Waals surface area contributed by atoms with Crippen molar-refractivity contribution < 1.29 is 116 Å². The normalized spacial score (nSPS) is 25.0. The number of ether oxygens (including phenoxy) is 6. The van der Waals surface area contributed by atoms with Crippen LogP contribution in [0.25, 0.3) is 0 Å². The Balaban J connectivity index is 3.78. The van der Waals surface area contributed by atoms with E-state index in [9.17, 15) is 83.4 Å². The quantitative estimate of drug-likeness (QED) is 0.195. The molecule has 1 heterocycles. The fourth-order valence-electron chi connectivity index (χ4n) is 3.19. The molecule has 0 spiro atoms. The van der Waals surface area contributed by atoms with Crippen LogP contribution in [0.15, 0.2) is 0 Å². The van der Waals surface area contributed by atoms with Gasteiger partial charge in [-0.05, 0) is 6.42 Å². The van der Waals surface area contributed by atoms with E-state index >= 15 is 4.39 Å². The summed E-state index contributed by atoms with van der Waals surface area (Å²) >= 11 is 0. The summed E-state index contributed by atoms with van der Waals surface area (Å²) in [6, 6.07) is 0. The second-order valence-corrected chi connectivity index (χ2v) is 8.17. The predicted octanol–water partition coefficient (Wildman–Crippen LogP) is 6.93. The van der Waals surface area contributed by atoms with Crippen LogP contribution in [0.1, 0.15) is 12.8 Å². The van der Waals surface area contributed by atoms with Crippen molar-refractivity contribution in [1.82, 2.24) is 0 Å². The smallest absolute Gasteiger partial charge is 0.348 e. The molecular formula is C17H14F20O6. The van der Waals surface area contributed by atoms with E-state index in [2.05, 4.69) is 28.4 Å². The summed E-state index contributed by atoms with van der Waals surface area (Å²) in [6.07, 6.45) is -51.6. The molecule has 43 heavy (non-hydrogen) atoms. The Bertz CT molecular complexity index is 984. The number of halogens is 20. The van der Waals surface area contributed by atoms with E-state index in [0.717, 1.165) is 0 Å². The van der Waals surface area contributed by atoms with E-state index in [4.69, 9.17) is 0 Å². The van der Waals surface area contributed by atoms with Gasteiger partial charge in [0.15, 0.2) is 0 Å². The highest BCUT2D eigenvalue weighted by Crippen LogP contribution is 2.60. The van der Waals surface area contributed by atoms with Gasteiger partial charge in [-0.15, -0.1) is 0 Å². The third-order valence-corrected chi connectivity index (χ3v) is 5.57. The third-order valence-electron chi connectivity index (χ3n) is 5.57. The maximum atomic E-state index is 15.2. The van der Waals surface area contributed by atoms with Gasteiger partial charge in [-0.3, -0.25) is 9.47 Å². The molecule has 0 radical (unpaired) electrons. The first-order chi connectivity index (χ1) is 18.7. The van der Waals surface area contributed by atoms with Crippen molar-refractivity contribution in [3.05, 3.63) is 0 Å². The van der Waals surface area contributed by atoms with E-state index in [-0.39, 0.29) is 7.11 Å². The lowest BCUT2D eigenvalue weighted by Crippen LogP contribution is -2.69. The van der Waals surface area contributed by atoms with Crippen LogP contribution in [0, 0.1) is 0 Å². The highest BCUT2D eigenvalue weighted by molar-refractivity contribution is 5.05. The van der Waals surface area contributed by atoms with E-state index < -0.39 is 99.3 Å². The van der Waals surface area contributed by atoms with Gasteiger partial charge in [0, 0.05) is 27.8 Å². The van der Waals surface area contributed by atoms with Gasteiger partial charge in [-0.25, -0.2) is 0 Å². The van der Waals surface area contributed by atoms with Crippen LogP contribution in [0.3, 0.4) is 0 Å². The van der Waals surface area contributed by atoms with Crippen molar-refractivity contribution in [3.8, 4) is 0 Å². The average Bonchev–Trinajstić information content (AvgIpc) is 3.28. The Labute approximate surface area is 224 Å². The third kappa shape index (κ3) is 6.02. The summed E-state index contributed by atoms with van der Waals surface area (Å²) in [6.45, 7) is 0. The zero-order valence-corrected chi connectivity index (χ0v) is 20.5. The monoisotopic (exact) mass is 694 g/mol. The molecule has 1 fully saturated rings. The first kappa shape index (κ1) is 39.4. The molecular weight excluding hydrogens is 680 g/mol. The number of hydrogen-bond donors (Lipinski definition) is 0. The standard InChI is InChI=1S/C17H14F20O6/c1-38-7(11(23,13(27,28)29)43-17(36,37)10(21,22)15(32,33)40-3)5-4-6(41-7)8(18,12(24,25)26)42-16(34,35)9(19,20)14(30,31)39-2/h6H,4-5H2,1-3H3. The van der Waals surface area contributed by atoms with Gasteiger partial charge in [-0.1, -0.05) is 0 Å². The van der Waals surface area contributed by atoms with Gasteiger partial charge >= 0.3 is 60.3 Å². The Morgan fingerprint density at radius 3 is 1.21 bits per heavy atom. The molecule has 0 aliphatic carbocycles. The zero-order valence-electron chi connectivity index (χ0n) is 20.5. The number of rotatable bonds is 13. The highest BCUT2D eigenvalue weighted by Gasteiger charge is 2.85. The van der Waals surface area contributed by atoms with Crippen molar-refractivity contribution in [2.75, 3.05) is 21.3 Å². The average molecular weight is 694 g/mol. The summed E-state index contributed by atoms with van der Waals surface area (Å²) in [5.41, 5.74) is 0. The maximum absolute atomic E-state index is 15.2. The highest BCUT2D eigenvalue weighted by atomic mass is 19.4. The molecule has 1 aliphatic heterocycles. The molecule has 0 bridgehead atoms. The lowest BCUT2D eigenvalue weighted by molar-refractivity contribution is -0.537. The van der Waals surface area contributed by atoms with Crippen LogP contribution in [-0.2, 0) is 28.4 Å². The Morgan fingerprint density at radius 1 is 0.535 bits per heavy atom. The van der Waals surface area contributed by atoms with E-state index in [1.807, 2.05) is 0 Å². The van der Waals surface area contributed by atoms with Gasteiger partial charge in [0.05, 0.1) is 0 Å². The Hall–Kier alpha value is -1.64. The second-order valence-electron chi connectivity index (χ2n) is 8.17. The fourth-order valence-corrected chi connectivity index (χ4v) is 3.19. The molecule has 6 nitrogen and oxygen atoms in total. The zero-order chi connectivity index (χ0) is 34.7. The first-order valence-electron chi connectivity index (χ1n) is 10.2. The number of hydrogen-bond acceptors (Lipinski definition) is 6. The molecule has 0 aromatic carbocycles. The van der Waals surface area contributed by atoms with Crippen molar-refractivity contribution >= 4 is 0 Å². The summed E-state index contributed by atoms with van der Waals surface area (Å²) in [5.74, 6) is -33.3. The van der Waals surface area contributed by atoms with Crippen LogP contribution in [0.4, 0.5) is 87.8 Å². The maximum Gasteiger partial charge on any atom is 0.454 e. The summed E-state index contributed by atoms with van der Waals surface area (Å²) in [7, 11) is -1.16. The molecule has 26 heteroatoms. The van der Waals surface area contributed by atoms with Crippen LogP contribution in [-0.4, -0.2) is 93.6 Å². The van der Waals surface area contributed by atoms with E-state index in [1.165, 1.54) is 0 Å². The van der Waals surface area contributed by atoms with Gasteiger partial charge < -0.3 is 18.9 Å². The topological polar surface area (TPSA) is 55.4 Å². The van der Waals surface area contributed by atoms with Gasteiger partial charge in [0.2, 0.25) is 5.79 Å². The van der Waals surface area contributed by atoms with Crippen LogP contribution in [0.5, 0.6) is 0 Å². The largest absolute Gasteiger partial charge is 0.454 e. The summed E-state index contributed by atoms with van der Waals surface area (Å²) in [5, 5.41) is 0. The molecule has 0 N–H and O–H groups in total. The van der Waals surface area contributed by atoms with Crippen LogP contribution >= 0.6 is 0 Å². The summed E-state index contributed by atoms with van der Waals surface area (Å²) in [4.78, 5) is 0. The molecule has 0 aromatic rings. The SMILES string of the molecule is COC(F)(F)C(F)(F)C(F)(F)OC(F)(C1CCC(OC)(C(F)(OC(F)(F)C(F)(F)C(F)(F)OC)C(F)(F)F)O1)C(F)(F)F. The lowest BCUT2D eigenvalue weighted by Gasteiger charge is -2.44. The molecule has 0 aromatic heterocycles. The molecule has 0 saturated carbocycles. The van der Waals surface area contributed by atoms with Gasteiger partial charge in [0.1, 0.15) is 6.10 Å². The minimum absolute atomic E-state index is 0.331. The van der Waals surface area contributed by atoms with Crippen molar-refractivity contribution in [2.24, 2.45) is 0 Å². The molecule has 0 amide bonds. The molecule has 1 rings (SSSR count). The number of alkyl halides is 20. The Kier molecular flexibility index (Phi) is 10.1. The van der Waals surface area contributed by atoms with Crippen LogP contribution < -0.4 is 0 Å². The molecule has 258 valence electrons. The molecule has 1 aliphatic rings. The minimum atomic E-state index is -7.40. The van der Waals surface area contributed by atoms with Crippen molar-refractivity contribution in [3.63, 3.8) is 0 Å². The molecule has 4 atom stereocenters. The summed E-state index contributed by atoms with van der Waals surface area (Å²) < 4.78 is 291. The second kappa shape index (κ2) is 11.0. The van der Waals surface area contributed by atoms with Crippen LogP contribution in [0.2, 0.25) is 0 Å². The number of methoxy groups -OCH3 is 3. The first-order valence-corrected chi connectivity index (χ1v) is 10.2. The Morgan fingerprint density at radius 2 is 0.907 bits per heavy atom. The van der Waals surface area contributed by atoms with E-state index in [0.29, 0.717) is 0 Å². The van der Waals surface area contributed by atoms with Gasteiger partial charge in [0.25, 0.3) is 0 Å². The molecule has 1 saturated heterocycles. The lowest BCUT2D eigenvalue weighted by atomic mass is 10.0.